The zero-order chi connectivity index (χ0) is 18.3. The Bertz CT molecular complexity index is 823. The van der Waals surface area contributed by atoms with Crippen molar-refractivity contribution in [3.05, 3.63) is 41.2 Å². The second kappa shape index (κ2) is 7.10. The second-order valence-electron chi connectivity index (χ2n) is 7.61. The van der Waals surface area contributed by atoms with Crippen LogP contribution in [-0.2, 0) is 11.2 Å². The van der Waals surface area contributed by atoms with Gasteiger partial charge in [0.05, 0.1) is 11.4 Å². The van der Waals surface area contributed by atoms with E-state index in [0.29, 0.717) is 11.8 Å². The normalized spacial score (nSPS) is 20.0. The average molecular weight is 370 g/mol. The summed E-state index contributed by atoms with van der Waals surface area (Å²) in [5.41, 5.74) is 4.70. The summed E-state index contributed by atoms with van der Waals surface area (Å²) in [6.45, 7) is 6.37. The number of fused-ring (bicyclic) bond motifs is 1. The third-order valence-corrected chi connectivity index (χ3v) is 6.78. The molecule has 0 radical (unpaired) electrons. The Kier molecular flexibility index (Phi) is 4.82. The molecule has 4 rings (SSSR count). The molecule has 4 nitrogen and oxygen atoms in total. The van der Waals surface area contributed by atoms with Crippen LogP contribution in [0.3, 0.4) is 0 Å². The summed E-state index contributed by atoms with van der Waals surface area (Å²) in [6.07, 6.45) is 6.00. The Morgan fingerprint density at radius 3 is 2.73 bits per heavy atom. The lowest BCUT2D eigenvalue weighted by Crippen LogP contribution is -2.37. The first kappa shape index (κ1) is 17.7. The first-order valence-electron chi connectivity index (χ1n) is 9.64. The van der Waals surface area contributed by atoms with Gasteiger partial charge in [0.25, 0.3) is 0 Å². The molecule has 1 aromatic heterocycles. The lowest BCUT2D eigenvalue weighted by molar-refractivity contribution is -0.116. The summed E-state index contributed by atoms with van der Waals surface area (Å²) in [6, 6.07) is 9.06. The Morgan fingerprint density at radius 2 is 1.96 bits per heavy atom. The number of benzene rings is 1. The number of hydrogen-bond acceptors (Lipinski definition) is 3. The number of hydrogen-bond donors (Lipinski definition) is 0. The summed E-state index contributed by atoms with van der Waals surface area (Å²) in [4.78, 5) is 19.7. The van der Waals surface area contributed by atoms with Gasteiger partial charge < -0.3 is 9.47 Å². The highest BCUT2D eigenvalue weighted by molar-refractivity contribution is 7.99. The number of aryl methyl sites for hydroxylation is 1. The number of nitrogens with zero attached hydrogens (tertiary/aromatic N) is 3. The summed E-state index contributed by atoms with van der Waals surface area (Å²) in [5.74, 6) is 0.630. The second-order valence-corrected chi connectivity index (χ2v) is 8.55. The quantitative estimate of drug-likeness (QED) is 0.734. The molecule has 2 aromatic rings. The number of para-hydroxylation sites is 1. The monoisotopic (exact) mass is 369 g/mol. The van der Waals surface area contributed by atoms with E-state index in [2.05, 4.69) is 43.5 Å². The van der Waals surface area contributed by atoms with E-state index >= 15 is 0 Å². The molecule has 2 aliphatic rings. The van der Waals surface area contributed by atoms with Crippen molar-refractivity contribution in [2.24, 2.45) is 0 Å². The van der Waals surface area contributed by atoms with Crippen LogP contribution < -0.4 is 4.90 Å². The van der Waals surface area contributed by atoms with Gasteiger partial charge in [-0.05, 0) is 51.7 Å². The molecule has 0 saturated heterocycles. The smallest absolute Gasteiger partial charge is 0.237 e. The third kappa shape index (κ3) is 3.07. The highest BCUT2D eigenvalue weighted by atomic mass is 32.2. The van der Waals surface area contributed by atoms with Gasteiger partial charge >= 0.3 is 0 Å². The van der Waals surface area contributed by atoms with Crippen LogP contribution in [0.2, 0.25) is 0 Å². The van der Waals surface area contributed by atoms with Crippen LogP contribution in [0.5, 0.6) is 0 Å². The van der Waals surface area contributed by atoms with Crippen molar-refractivity contribution >= 4 is 23.4 Å². The largest absolute Gasteiger partial charge is 0.320 e. The van der Waals surface area contributed by atoms with Crippen molar-refractivity contribution in [2.75, 3.05) is 10.7 Å². The lowest BCUT2D eigenvalue weighted by Gasteiger charge is -2.23. The molecule has 1 aromatic carbocycles. The van der Waals surface area contributed by atoms with Gasteiger partial charge in [0.1, 0.15) is 0 Å². The molecule has 0 spiro atoms. The van der Waals surface area contributed by atoms with E-state index in [1.54, 1.807) is 11.8 Å². The Balaban J connectivity index is 1.51. The molecule has 26 heavy (non-hydrogen) atoms. The van der Waals surface area contributed by atoms with Gasteiger partial charge in [0.2, 0.25) is 5.91 Å². The topological polar surface area (TPSA) is 38.1 Å². The minimum atomic E-state index is 0.184. The number of carbonyl (C=O) groups is 1. The van der Waals surface area contributed by atoms with E-state index in [1.165, 1.54) is 36.9 Å². The number of rotatable bonds is 4. The predicted octanol–water partition coefficient (Wildman–Crippen LogP) is 4.68. The zero-order valence-corrected chi connectivity index (χ0v) is 16.7. The number of aromatic nitrogens is 2. The number of imidazole rings is 1. The molecular formula is C21H27N3OS. The minimum Gasteiger partial charge on any atom is -0.320 e. The molecule has 1 aliphatic heterocycles. The van der Waals surface area contributed by atoms with Gasteiger partial charge in [-0.2, -0.15) is 0 Å². The summed E-state index contributed by atoms with van der Waals surface area (Å²) < 4.78 is 2.39. The Labute approximate surface area is 160 Å². The first-order chi connectivity index (χ1) is 12.6. The van der Waals surface area contributed by atoms with Crippen molar-refractivity contribution in [2.45, 2.75) is 70.1 Å². The molecule has 0 bridgehead atoms. The molecule has 5 heteroatoms. The fourth-order valence-electron chi connectivity index (χ4n) is 4.43. The van der Waals surface area contributed by atoms with Crippen LogP contribution in [0.4, 0.5) is 5.69 Å². The highest BCUT2D eigenvalue weighted by Gasteiger charge is 2.31. The number of thioether (sulfide) groups is 1. The molecule has 1 fully saturated rings. The fraction of sp³-hybridized carbons (Fsp3) is 0.524. The maximum Gasteiger partial charge on any atom is 0.237 e. The van der Waals surface area contributed by atoms with Crippen LogP contribution in [0, 0.1) is 13.8 Å². The van der Waals surface area contributed by atoms with Gasteiger partial charge in [0.15, 0.2) is 5.16 Å². The van der Waals surface area contributed by atoms with E-state index in [-0.39, 0.29) is 11.9 Å². The summed E-state index contributed by atoms with van der Waals surface area (Å²) in [7, 11) is 0. The summed E-state index contributed by atoms with van der Waals surface area (Å²) in [5, 5.41) is 1.01. The molecule has 138 valence electrons. The Hall–Kier alpha value is -1.75. The van der Waals surface area contributed by atoms with Gasteiger partial charge in [-0.1, -0.05) is 42.8 Å². The standard InChI is InChI=1S/C21H27N3OS/c1-14-12-17-8-4-7-11-19(17)23(14)20(25)13-26-21-22-15(2)16(3)24(21)18-9-5-6-10-18/h4,7-8,11,14,18H,5-6,9-10,12-13H2,1-3H3. The van der Waals surface area contributed by atoms with E-state index in [1.807, 2.05) is 11.0 Å². The number of anilines is 1. The van der Waals surface area contributed by atoms with E-state index in [4.69, 9.17) is 4.98 Å². The van der Waals surface area contributed by atoms with Crippen LogP contribution in [0.1, 0.15) is 55.6 Å². The molecule has 1 unspecified atom stereocenters. The number of carbonyl (C=O) groups excluding carboxylic acids is 1. The van der Waals surface area contributed by atoms with Crippen molar-refractivity contribution in [3.8, 4) is 0 Å². The first-order valence-corrected chi connectivity index (χ1v) is 10.6. The molecule has 1 atom stereocenters. The SMILES string of the molecule is Cc1nc(SCC(=O)N2c3ccccc3CC2C)n(C2CCCC2)c1C. The van der Waals surface area contributed by atoms with E-state index in [9.17, 15) is 4.79 Å². The van der Waals surface area contributed by atoms with Gasteiger partial charge in [-0.25, -0.2) is 4.98 Å². The van der Waals surface area contributed by atoms with Crippen molar-refractivity contribution in [1.29, 1.82) is 0 Å². The lowest BCUT2D eigenvalue weighted by atomic mass is 10.1. The van der Waals surface area contributed by atoms with E-state index < -0.39 is 0 Å². The maximum absolute atomic E-state index is 13.0. The molecule has 1 saturated carbocycles. The van der Waals surface area contributed by atoms with Gasteiger partial charge in [-0.3, -0.25) is 4.79 Å². The van der Waals surface area contributed by atoms with Crippen molar-refractivity contribution in [3.63, 3.8) is 0 Å². The molecular weight excluding hydrogens is 342 g/mol. The number of amides is 1. The average Bonchev–Trinajstić information content (AvgIpc) is 3.31. The maximum atomic E-state index is 13.0. The zero-order valence-electron chi connectivity index (χ0n) is 15.9. The minimum absolute atomic E-state index is 0.184. The van der Waals surface area contributed by atoms with Crippen molar-refractivity contribution in [1.82, 2.24) is 9.55 Å². The molecule has 0 N–H and O–H groups in total. The van der Waals surface area contributed by atoms with Crippen LogP contribution in [0.25, 0.3) is 0 Å². The van der Waals surface area contributed by atoms with Crippen molar-refractivity contribution < 1.29 is 4.79 Å². The van der Waals surface area contributed by atoms with Gasteiger partial charge in [0, 0.05) is 23.5 Å². The molecule has 1 aliphatic carbocycles. The van der Waals surface area contributed by atoms with Crippen LogP contribution >= 0.6 is 11.8 Å². The van der Waals surface area contributed by atoms with E-state index in [0.717, 1.165) is 23.0 Å². The molecule has 1 amide bonds. The summed E-state index contributed by atoms with van der Waals surface area (Å²) >= 11 is 1.60. The highest BCUT2D eigenvalue weighted by Crippen LogP contribution is 2.36. The predicted molar refractivity (Wildman–Crippen MR) is 107 cm³/mol. The van der Waals surface area contributed by atoms with Gasteiger partial charge in [-0.15, -0.1) is 0 Å². The molecule has 2 heterocycles. The van der Waals surface area contributed by atoms with Crippen LogP contribution in [-0.4, -0.2) is 27.3 Å². The third-order valence-electron chi connectivity index (χ3n) is 5.84. The van der Waals surface area contributed by atoms with Crippen LogP contribution in [0.15, 0.2) is 29.4 Å². The Morgan fingerprint density at radius 1 is 1.23 bits per heavy atom. The fourth-order valence-corrected chi connectivity index (χ4v) is 5.45.